The molecule has 2 N–H and O–H groups in total. The van der Waals surface area contributed by atoms with E-state index in [4.69, 9.17) is 9.11 Å². The first kappa shape index (κ1) is 12.6. The fraction of sp³-hybridized carbons (Fsp3) is 0. The molecule has 0 aliphatic rings. The van der Waals surface area contributed by atoms with Crippen LogP contribution in [0.5, 0.6) is 0 Å². The third-order valence-electron chi connectivity index (χ3n) is 0.228. The molecule has 0 rings (SSSR count). The molecule has 0 aliphatic heterocycles. The van der Waals surface area contributed by atoms with E-state index in [0.717, 1.165) is 0 Å². The van der Waals surface area contributed by atoms with Gasteiger partial charge in [-0.05, 0) is 0 Å². The molecule has 0 fully saturated rings. The molecule has 0 saturated heterocycles. The molecule has 0 heterocycles. The molecule has 0 spiro atoms. The third kappa shape index (κ3) is 11.6. The second kappa shape index (κ2) is 4.72. The Balaban J connectivity index is 3.79. The maximum atomic E-state index is 10.4. The first-order chi connectivity index (χ1) is 4.71. The van der Waals surface area contributed by atoms with Crippen LogP contribution >= 0.6 is 29.5 Å². The maximum absolute atomic E-state index is 10.4. The molecule has 0 aromatic heterocycles. The van der Waals surface area contributed by atoms with Crippen LogP contribution in [0, 0.1) is 0 Å². The van der Waals surface area contributed by atoms with Gasteiger partial charge in [0.05, 0.1) is 0 Å². The Morgan fingerprint density at radius 2 is 1.55 bits per heavy atom. The van der Waals surface area contributed by atoms with Crippen LogP contribution in [0.4, 0.5) is 0 Å². The van der Waals surface area contributed by atoms with Gasteiger partial charge in [-0.15, -0.1) is 0 Å². The molecule has 11 heteroatoms. The van der Waals surface area contributed by atoms with Crippen molar-refractivity contribution in [2.24, 2.45) is 0 Å². The summed E-state index contributed by atoms with van der Waals surface area (Å²) in [6.45, 7) is 0. The molecule has 0 aliphatic carbocycles. The molecule has 11 heavy (non-hydrogen) atoms. The van der Waals surface area contributed by atoms with Crippen molar-refractivity contribution < 1.29 is 21.7 Å². The molecule has 0 saturated carbocycles. The molecule has 0 aromatic rings. The Labute approximate surface area is 81.3 Å². The van der Waals surface area contributed by atoms with E-state index in [1.807, 2.05) is 14.4 Å². The van der Waals surface area contributed by atoms with Gasteiger partial charge in [0.15, 0.2) is 0 Å². The molecule has 0 radical (unpaired) electrons. The number of rotatable bonds is 4. The fourth-order valence-electron chi connectivity index (χ4n) is 0.0815. The molecule has 5 nitrogen and oxygen atoms in total. The van der Waals surface area contributed by atoms with Crippen LogP contribution in [0.15, 0.2) is 0 Å². The van der Waals surface area contributed by atoms with E-state index >= 15 is 0 Å². The normalized spacial score (nSPS) is 17.6. The van der Waals surface area contributed by atoms with Crippen LogP contribution in [-0.2, 0) is 16.3 Å². The zero-order chi connectivity index (χ0) is 9.12. The standard InChI is InChI=1S/H2O5S5Se/c1-9(2,3)7-6-8-10(4,5)11/h(H,1,2,3)(H,4,5,11). The van der Waals surface area contributed by atoms with Crippen LogP contribution < -0.4 is 0 Å². The zero-order valence-corrected chi connectivity index (χ0v) is 10.4. The minimum absolute atomic E-state index is 0.109. The monoisotopic (exact) mass is 322 g/mol. The van der Waals surface area contributed by atoms with Crippen molar-refractivity contribution in [2.75, 3.05) is 0 Å². The van der Waals surface area contributed by atoms with Crippen molar-refractivity contribution >= 4 is 60.2 Å². The van der Waals surface area contributed by atoms with Crippen LogP contribution in [0.1, 0.15) is 0 Å². The first-order valence-electron chi connectivity index (χ1n) is 1.70. The van der Waals surface area contributed by atoms with Gasteiger partial charge in [0, 0.05) is 0 Å². The summed E-state index contributed by atoms with van der Waals surface area (Å²) in [5.74, 6) is 0. The Morgan fingerprint density at radius 3 is 1.82 bits per heavy atom. The summed E-state index contributed by atoms with van der Waals surface area (Å²) in [6.07, 6.45) is 0. The van der Waals surface area contributed by atoms with E-state index in [0.29, 0.717) is 19.7 Å². The fourth-order valence-corrected chi connectivity index (χ4v) is 12.3. The van der Waals surface area contributed by atoms with E-state index in [2.05, 4.69) is 0 Å². The van der Waals surface area contributed by atoms with Crippen molar-refractivity contribution in [3.8, 4) is 0 Å². The summed E-state index contributed by atoms with van der Waals surface area (Å²) in [5.41, 5.74) is 0. The molecule has 0 amide bonds. The van der Waals surface area contributed by atoms with Crippen molar-refractivity contribution in [3.05, 3.63) is 0 Å². The summed E-state index contributed by atoms with van der Waals surface area (Å²) < 4.78 is 47.1. The quantitative estimate of drug-likeness (QED) is 0.441. The summed E-state index contributed by atoms with van der Waals surface area (Å²) in [5, 5.41) is 0. The van der Waals surface area contributed by atoms with E-state index < -0.39 is 16.3 Å². The molecule has 68 valence electrons. The zero-order valence-electron chi connectivity index (χ0n) is 4.57. The number of hydrogen-bond acceptors (Lipinski definition) is 6. The predicted molar refractivity (Wildman–Crippen MR) is 50.8 cm³/mol. The van der Waals surface area contributed by atoms with Gasteiger partial charge in [-0.25, -0.2) is 0 Å². The molecular weight excluding hydrogens is 319 g/mol. The van der Waals surface area contributed by atoms with Crippen LogP contribution in [0.3, 0.4) is 0 Å². The second-order valence-corrected chi connectivity index (χ2v) is 15.0. The Morgan fingerprint density at radius 1 is 1.09 bits per heavy atom. The summed E-state index contributed by atoms with van der Waals surface area (Å²) in [7, 11) is -6.23. The number of hydrogen-bond donors (Lipinski definition) is 2. The van der Waals surface area contributed by atoms with Gasteiger partial charge in [-0.3, -0.25) is 0 Å². The second-order valence-electron chi connectivity index (χ2n) is 1.06. The minimum atomic E-state index is -4.14. The van der Waals surface area contributed by atoms with E-state index in [9.17, 15) is 12.6 Å². The van der Waals surface area contributed by atoms with Gasteiger partial charge in [0.1, 0.15) is 0 Å². The summed E-state index contributed by atoms with van der Waals surface area (Å²) >= 11 is 1.94. The summed E-state index contributed by atoms with van der Waals surface area (Å²) in [4.78, 5) is 0. The predicted octanol–water partition coefficient (Wildman–Crippen LogP) is 0.575. The van der Waals surface area contributed by atoms with Gasteiger partial charge in [-0.2, -0.15) is 0 Å². The van der Waals surface area contributed by atoms with Gasteiger partial charge in [0.2, 0.25) is 0 Å². The van der Waals surface area contributed by atoms with Crippen molar-refractivity contribution in [1.29, 1.82) is 0 Å². The van der Waals surface area contributed by atoms with E-state index in [1.54, 1.807) is 0 Å². The van der Waals surface area contributed by atoms with Gasteiger partial charge >= 0.3 is 81.9 Å². The average molecular weight is 321 g/mol. The Bertz CT molecular complexity index is 264. The molecule has 1 unspecified atom stereocenters. The molecule has 0 bridgehead atoms. The third-order valence-corrected chi connectivity index (χ3v) is 12.3. The molecular formula is H2O5S5Se. The first-order valence-corrected chi connectivity index (χ1v) is 11.2. The SMILES string of the molecule is O=S(=O)(O)SSSS(=O)(O)=[Se]. The van der Waals surface area contributed by atoms with E-state index in [-0.39, 0.29) is 9.83 Å². The van der Waals surface area contributed by atoms with Gasteiger partial charge in [-0.1, -0.05) is 0 Å². The topological polar surface area (TPSA) is 91.7 Å². The van der Waals surface area contributed by atoms with Crippen LogP contribution in [0.2, 0.25) is 0 Å². The van der Waals surface area contributed by atoms with Crippen molar-refractivity contribution in [2.45, 2.75) is 0 Å². The van der Waals surface area contributed by atoms with Crippen LogP contribution in [-0.4, -0.2) is 36.1 Å². The van der Waals surface area contributed by atoms with Crippen LogP contribution in [0.25, 0.3) is 0 Å². The van der Waals surface area contributed by atoms with Gasteiger partial charge < -0.3 is 0 Å². The van der Waals surface area contributed by atoms with Crippen molar-refractivity contribution in [3.63, 3.8) is 0 Å². The van der Waals surface area contributed by atoms with Gasteiger partial charge in [0.25, 0.3) is 0 Å². The van der Waals surface area contributed by atoms with E-state index in [1.165, 1.54) is 0 Å². The summed E-state index contributed by atoms with van der Waals surface area (Å²) in [6, 6.07) is 0. The van der Waals surface area contributed by atoms with Crippen molar-refractivity contribution in [1.82, 2.24) is 0 Å². The molecule has 0 aromatic carbocycles. The Hall–Kier alpha value is 1.59. The average Bonchev–Trinajstić information content (AvgIpc) is 1.55. The Kier molecular flexibility index (Phi) is 5.40. The molecule has 1 atom stereocenters.